The van der Waals surface area contributed by atoms with Gasteiger partial charge in [-0.15, -0.1) is 0 Å². The van der Waals surface area contributed by atoms with Crippen molar-refractivity contribution in [2.75, 3.05) is 13.6 Å². The van der Waals surface area contributed by atoms with E-state index in [9.17, 15) is 0 Å². The Morgan fingerprint density at radius 1 is 1.28 bits per heavy atom. The van der Waals surface area contributed by atoms with E-state index in [1.807, 2.05) is 13.2 Å². The number of aromatic nitrogens is 1. The van der Waals surface area contributed by atoms with Gasteiger partial charge in [-0.3, -0.25) is 4.98 Å². The first-order valence-corrected chi connectivity index (χ1v) is 6.72. The van der Waals surface area contributed by atoms with Crippen molar-refractivity contribution in [3.05, 3.63) is 41.6 Å². The van der Waals surface area contributed by atoms with Crippen LogP contribution in [0.1, 0.15) is 24.5 Å². The molecule has 1 unspecified atom stereocenters. The van der Waals surface area contributed by atoms with Crippen LogP contribution < -0.4 is 5.32 Å². The summed E-state index contributed by atoms with van der Waals surface area (Å²) in [6.45, 7) is 5.43. The second-order valence-electron chi connectivity index (χ2n) is 5.08. The third-order valence-corrected chi connectivity index (χ3v) is 3.48. The molecular weight excluding hydrogens is 220 g/mol. The monoisotopic (exact) mass is 242 g/mol. The Morgan fingerprint density at radius 3 is 2.83 bits per heavy atom. The lowest BCUT2D eigenvalue weighted by Gasteiger charge is -2.14. The number of benzene rings is 1. The minimum absolute atomic E-state index is 0.713. The Kier molecular flexibility index (Phi) is 4.32. The molecule has 0 fully saturated rings. The first kappa shape index (κ1) is 13.0. The lowest BCUT2D eigenvalue weighted by atomic mass is 9.96. The maximum atomic E-state index is 4.45. The lowest BCUT2D eigenvalue weighted by Crippen LogP contribution is -2.20. The highest BCUT2D eigenvalue weighted by Crippen LogP contribution is 2.18. The fourth-order valence-corrected chi connectivity index (χ4v) is 2.40. The van der Waals surface area contributed by atoms with E-state index in [1.54, 1.807) is 0 Å². The van der Waals surface area contributed by atoms with E-state index in [0.717, 1.165) is 18.5 Å². The van der Waals surface area contributed by atoms with Gasteiger partial charge in [-0.05, 0) is 62.2 Å². The highest BCUT2D eigenvalue weighted by atomic mass is 14.8. The van der Waals surface area contributed by atoms with E-state index in [-0.39, 0.29) is 0 Å². The second kappa shape index (κ2) is 5.96. The summed E-state index contributed by atoms with van der Waals surface area (Å²) >= 11 is 0. The van der Waals surface area contributed by atoms with Gasteiger partial charge in [0.2, 0.25) is 0 Å². The van der Waals surface area contributed by atoms with Crippen LogP contribution in [0.4, 0.5) is 0 Å². The van der Waals surface area contributed by atoms with Gasteiger partial charge in [0.15, 0.2) is 0 Å². The van der Waals surface area contributed by atoms with Gasteiger partial charge in [-0.1, -0.05) is 19.4 Å². The molecule has 1 aromatic heterocycles. The van der Waals surface area contributed by atoms with Crippen molar-refractivity contribution in [3.63, 3.8) is 0 Å². The molecule has 0 aliphatic rings. The van der Waals surface area contributed by atoms with Crippen molar-refractivity contribution < 1.29 is 0 Å². The van der Waals surface area contributed by atoms with Crippen LogP contribution in [0.5, 0.6) is 0 Å². The Morgan fingerprint density at radius 2 is 2.11 bits per heavy atom. The summed E-state index contributed by atoms with van der Waals surface area (Å²) < 4.78 is 0. The van der Waals surface area contributed by atoms with Gasteiger partial charge in [-0.25, -0.2) is 0 Å². The zero-order valence-electron chi connectivity index (χ0n) is 11.5. The number of nitrogens with zero attached hydrogens (tertiary/aromatic N) is 1. The highest BCUT2D eigenvalue weighted by molar-refractivity contribution is 5.79. The van der Waals surface area contributed by atoms with Crippen LogP contribution in [0.2, 0.25) is 0 Å². The second-order valence-corrected chi connectivity index (χ2v) is 5.08. The van der Waals surface area contributed by atoms with E-state index in [2.05, 4.69) is 48.4 Å². The van der Waals surface area contributed by atoms with Gasteiger partial charge < -0.3 is 5.32 Å². The van der Waals surface area contributed by atoms with E-state index < -0.39 is 0 Å². The average Bonchev–Trinajstić information content (AvgIpc) is 2.37. The molecule has 2 aromatic rings. The fourth-order valence-electron chi connectivity index (χ4n) is 2.40. The van der Waals surface area contributed by atoms with Crippen molar-refractivity contribution in [2.24, 2.45) is 5.92 Å². The van der Waals surface area contributed by atoms with Crippen LogP contribution in [0, 0.1) is 12.8 Å². The van der Waals surface area contributed by atoms with E-state index in [1.165, 1.54) is 22.9 Å². The number of aryl methyl sites for hydroxylation is 1. The zero-order chi connectivity index (χ0) is 13.0. The van der Waals surface area contributed by atoms with Crippen LogP contribution in [0.3, 0.4) is 0 Å². The number of hydrogen-bond acceptors (Lipinski definition) is 2. The third kappa shape index (κ3) is 3.08. The molecule has 0 saturated heterocycles. The standard InChI is InChI=1S/C16H22N2/c1-4-13(11-17-3)8-14-5-6-16-15(9-14)7-12(2)10-18-16/h5-7,9-10,13,17H,4,8,11H2,1-3H3. The van der Waals surface area contributed by atoms with Crippen molar-refractivity contribution in [1.29, 1.82) is 0 Å². The Hall–Kier alpha value is -1.41. The summed E-state index contributed by atoms with van der Waals surface area (Å²) in [6.07, 6.45) is 4.28. The van der Waals surface area contributed by atoms with Gasteiger partial charge >= 0.3 is 0 Å². The quantitative estimate of drug-likeness (QED) is 0.870. The summed E-state index contributed by atoms with van der Waals surface area (Å²) in [5.74, 6) is 0.713. The van der Waals surface area contributed by atoms with E-state index in [4.69, 9.17) is 0 Å². The van der Waals surface area contributed by atoms with Gasteiger partial charge in [0.1, 0.15) is 0 Å². The number of pyridine rings is 1. The molecule has 1 atom stereocenters. The van der Waals surface area contributed by atoms with Crippen molar-refractivity contribution in [3.8, 4) is 0 Å². The van der Waals surface area contributed by atoms with Gasteiger partial charge in [0.25, 0.3) is 0 Å². The summed E-state index contributed by atoms with van der Waals surface area (Å²) in [6, 6.07) is 8.84. The van der Waals surface area contributed by atoms with Gasteiger partial charge in [0.05, 0.1) is 5.52 Å². The molecule has 96 valence electrons. The van der Waals surface area contributed by atoms with Gasteiger partial charge in [0, 0.05) is 11.6 Å². The number of fused-ring (bicyclic) bond motifs is 1. The molecule has 0 radical (unpaired) electrons. The molecule has 2 nitrogen and oxygen atoms in total. The van der Waals surface area contributed by atoms with Crippen LogP contribution in [0.25, 0.3) is 10.9 Å². The Labute approximate surface area is 109 Å². The molecule has 1 N–H and O–H groups in total. The molecule has 0 saturated carbocycles. The van der Waals surface area contributed by atoms with Crippen molar-refractivity contribution in [2.45, 2.75) is 26.7 Å². The number of nitrogens with one attached hydrogen (secondary N) is 1. The van der Waals surface area contributed by atoms with Crippen LogP contribution in [0.15, 0.2) is 30.5 Å². The van der Waals surface area contributed by atoms with Gasteiger partial charge in [-0.2, -0.15) is 0 Å². The summed E-state index contributed by atoms with van der Waals surface area (Å²) in [5, 5.41) is 4.53. The smallest absolute Gasteiger partial charge is 0.0702 e. The minimum Gasteiger partial charge on any atom is -0.319 e. The Balaban J connectivity index is 2.23. The molecular formula is C16H22N2. The normalized spacial score (nSPS) is 12.8. The topological polar surface area (TPSA) is 24.9 Å². The van der Waals surface area contributed by atoms with E-state index in [0.29, 0.717) is 5.92 Å². The molecule has 1 aromatic carbocycles. The largest absolute Gasteiger partial charge is 0.319 e. The molecule has 2 heteroatoms. The SMILES string of the molecule is CCC(CNC)Cc1ccc2ncc(C)cc2c1. The predicted octanol–water partition coefficient (Wildman–Crippen LogP) is 3.33. The summed E-state index contributed by atoms with van der Waals surface area (Å²) in [7, 11) is 2.02. The molecule has 0 amide bonds. The fraction of sp³-hybridized carbons (Fsp3) is 0.438. The molecule has 0 spiro atoms. The zero-order valence-corrected chi connectivity index (χ0v) is 11.5. The highest BCUT2D eigenvalue weighted by Gasteiger charge is 2.07. The van der Waals surface area contributed by atoms with Crippen LogP contribution in [-0.2, 0) is 6.42 Å². The molecule has 2 rings (SSSR count). The first-order chi connectivity index (χ1) is 8.72. The lowest BCUT2D eigenvalue weighted by molar-refractivity contribution is 0.481. The molecule has 0 bridgehead atoms. The summed E-state index contributed by atoms with van der Waals surface area (Å²) in [5.41, 5.74) is 3.73. The van der Waals surface area contributed by atoms with E-state index >= 15 is 0 Å². The third-order valence-electron chi connectivity index (χ3n) is 3.48. The molecule has 0 aliphatic heterocycles. The van der Waals surface area contributed by atoms with Crippen LogP contribution in [-0.4, -0.2) is 18.6 Å². The maximum Gasteiger partial charge on any atom is 0.0702 e. The Bertz CT molecular complexity index is 519. The number of hydrogen-bond donors (Lipinski definition) is 1. The van der Waals surface area contributed by atoms with Crippen molar-refractivity contribution >= 4 is 10.9 Å². The van der Waals surface area contributed by atoms with Crippen molar-refractivity contribution in [1.82, 2.24) is 10.3 Å². The average molecular weight is 242 g/mol. The number of rotatable bonds is 5. The molecule has 1 heterocycles. The maximum absolute atomic E-state index is 4.45. The summed E-state index contributed by atoms with van der Waals surface area (Å²) in [4.78, 5) is 4.45. The minimum atomic E-state index is 0.713. The first-order valence-electron chi connectivity index (χ1n) is 6.72. The molecule has 18 heavy (non-hydrogen) atoms. The van der Waals surface area contributed by atoms with Crippen LogP contribution >= 0.6 is 0 Å². The molecule has 0 aliphatic carbocycles. The predicted molar refractivity (Wildman–Crippen MR) is 77.9 cm³/mol.